The molecule has 6 nitrogen and oxygen atoms in total. The number of anilines is 1. The Morgan fingerprint density at radius 1 is 1.19 bits per heavy atom. The van der Waals surface area contributed by atoms with Gasteiger partial charge in [-0.1, -0.05) is 23.7 Å². The lowest BCUT2D eigenvalue weighted by molar-refractivity contribution is 0.411. The number of nitrogens with zero attached hydrogens (tertiary/aromatic N) is 4. The summed E-state index contributed by atoms with van der Waals surface area (Å²) in [5.41, 5.74) is 7.97. The van der Waals surface area contributed by atoms with Gasteiger partial charge in [-0.2, -0.15) is 4.68 Å². The first-order valence-corrected chi connectivity index (χ1v) is 6.55. The number of tetrazole rings is 1. The molecule has 0 atom stereocenters. The highest BCUT2D eigenvalue weighted by molar-refractivity contribution is 6.30. The van der Waals surface area contributed by atoms with E-state index < -0.39 is 0 Å². The van der Waals surface area contributed by atoms with E-state index in [0.29, 0.717) is 28.0 Å². The van der Waals surface area contributed by atoms with Crippen molar-refractivity contribution in [2.75, 3.05) is 12.8 Å². The van der Waals surface area contributed by atoms with Gasteiger partial charge < -0.3 is 10.5 Å². The van der Waals surface area contributed by atoms with Crippen LogP contribution in [0.5, 0.6) is 5.75 Å². The molecule has 0 bridgehead atoms. The highest BCUT2D eigenvalue weighted by Crippen LogP contribution is 2.30. The Kier molecular flexibility index (Phi) is 3.45. The minimum Gasteiger partial charge on any atom is -0.494 e. The molecule has 1 heterocycles. The third-order valence-electron chi connectivity index (χ3n) is 3.04. The molecule has 3 rings (SSSR count). The van der Waals surface area contributed by atoms with Crippen LogP contribution >= 0.6 is 11.6 Å². The van der Waals surface area contributed by atoms with Crippen LogP contribution in [0.25, 0.3) is 17.1 Å². The number of ether oxygens (including phenoxy) is 1. The van der Waals surface area contributed by atoms with Crippen molar-refractivity contribution in [3.63, 3.8) is 0 Å². The van der Waals surface area contributed by atoms with Crippen LogP contribution in [0.15, 0.2) is 42.5 Å². The predicted octanol–water partition coefficient (Wildman–Crippen LogP) is 2.57. The van der Waals surface area contributed by atoms with Crippen LogP contribution in [0.3, 0.4) is 0 Å². The quantitative estimate of drug-likeness (QED) is 0.752. The molecule has 106 valence electrons. The van der Waals surface area contributed by atoms with Crippen molar-refractivity contribution in [1.29, 1.82) is 0 Å². The van der Waals surface area contributed by atoms with Gasteiger partial charge in [0, 0.05) is 16.3 Å². The van der Waals surface area contributed by atoms with Crippen LogP contribution in [0.4, 0.5) is 5.69 Å². The summed E-state index contributed by atoms with van der Waals surface area (Å²) in [6.07, 6.45) is 0. The molecule has 0 aliphatic heterocycles. The van der Waals surface area contributed by atoms with Gasteiger partial charge in [0.15, 0.2) is 5.82 Å². The van der Waals surface area contributed by atoms with Crippen LogP contribution in [-0.2, 0) is 0 Å². The summed E-state index contributed by atoms with van der Waals surface area (Å²) in [5, 5.41) is 12.4. The fourth-order valence-electron chi connectivity index (χ4n) is 2.05. The first kappa shape index (κ1) is 13.4. The van der Waals surface area contributed by atoms with E-state index in [9.17, 15) is 0 Å². The number of aromatic nitrogens is 4. The Bertz CT molecular complexity index is 787. The van der Waals surface area contributed by atoms with Gasteiger partial charge in [0.1, 0.15) is 11.4 Å². The standard InChI is InChI=1S/C14H12ClN5O/c1-21-13-7-6-9(15)8-12(13)20-14(17-18-19-20)10-4-2-3-5-11(10)16/h2-8H,16H2,1H3. The molecule has 0 saturated carbocycles. The SMILES string of the molecule is COc1ccc(Cl)cc1-n1nnnc1-c1ccccc1N. The normalized spacial score (nSPS) is 10.6. The van der Waals surface area contributed by atoms with Crippen molar-refractivity contribution in [2.24, 2.45) is 0 Å². The summed E-state index contributed by atoms with van der Waals surface area (Å²) in [6, 6.07) is 12.6. The number of hydrogen-bond acceptors (Lipinski definition) is 5. The molecular formula is C14H12ClN5O. The first-order chi connectivity index (χ1) is 10.2. The lowest BCUT2D eigenvalue weighted by Crippen LogP contribution is -2.03. The highest BCUT2D eigenvalue weighted by atomic mass is 35.5. The number of para-hydroxylation sites is 1. The van der Waals surface area contributed by atoms with Gasteiger partial charge >= 0.3 is 0 Å². The van der Waals surface area contributed by atoms with Crippen molar-refractivity contribution in [3.8, 4) is 22.8 Å². The van der Waals surface area contributed by atoms with Crippen LogP contribution < -0.4 is 10.5 Å². The zero-order valence-corrected chi connectivity index (χ0v) is 11.9. The van der Waals surface area contributed by atoms with Crippen LogP contribution in [0.2, 0.25) is 5.02 Å². The Hall–Kier alpha value is -2.60. The Labute approximate surface area is 126 Å². The van der Waals surface area contributed by atoms with Gasteiger partial charge in [0.2, 0.25) is 0 Å². The molecule has 0 aliphatic carbocycles. The fraction of sp³-hybridized carbons (Fsp3) is 0.0714. The van der Waals surface area contributed by atoms with E-state index in [0.717, 1.165) is 5.56 Å². The molecule has 0 amide bonds. The monoisotopic (exact) mass is 301 g/mol. The average molecular weight is 302 g/mol. The maximum atomic E-state index is 6.06. The topological polar surface area (TPSA) is 78.8 Å². The minimum absolute atomic E-state index is 0.522. The summed E-state index contributed by atoms with van der Waals surface area (Å²) < 4.78 is 6.89. The van der Waals surface area contributed by atoms with Crippen LogP contribution in [0.1, 0.15) is 0 Å². The first-order valence-electron chi connectivity index (χ1n) is 6.18. The number of hydrogen-bond donors (Lipinski definition) is 1. The summed E-state index contributed by atoms with van der Waals surface area (Å²) in [7, 11) is 1.58. The molecular weight excluding hydrogens is 290 g/mol. The molecule has 0 aliphatic rings. The number of benzene rings is 2. The molecule has 0 radical (unpaired) electrons. The zero-order valence-electron chi connectivity index (χ0n) is 11.2. The second-order valence-corrected chi connectivity index (χ2v) is 4.75. The maximum absolute atomic E-state index is 6.06. The van der Waals surface area contributed by atoms with Gasteiger partial charge in [-0.05, 0) is 40.8 Å². The number of nitrogens with two attached hydrogens (primary N) is 1. The summed E-state index contributed by atoms with van der Waals surface area (Å²) in [6.45, 7) is 0. The number of halogens is 1. The molecule has 2 N–H and O–H groups in total. The van der Waals surface area contributed by atoms with Gasteiger partial charge in [0.25, 0.3) is 0 Å². The highest BCUT2D eigenvalue weighted by Gasteiger charge is 2.16. The van der Waals surface area contributed by atoms with E-state index in [1.54, 1.807) is 36.1 Å². The molecule has 1 aromatic heterocycles. The minimum atomic E-state index is 0.522. The summed E-state index contributed by atoms with van der Waals surface area (Å²) in [4.78, 5) is 0. The predicted molar refractivity (Wildman–Crippen MR) is 80.6 cm³/mol. The van der Waals surface area contributed by atoms with Gasteiger partial charge in [0.05, 0.1) is 7.11 Å². The van der Waals surface area contributed by atoms with Gasteiger partial charge in [-0.25, -0.2) is 0 Å². The van der Waals surface area contributed by atoms with E-state index in [1.165, 1.54) is 0 Å². The smallest absolute Gasteiger partial charge is 0.189 e. The summed E-state index contributed by atoms with van der Waals surface area (Å²) >= 11 is 6.06. The Balaban J connectivity index is 2.21. The number of rotatable bonds is 3. The second kappa shape index (κ2) is 5.41. The molecule has 0 spiro atoms. The largest absolute Gasteiger partial charge is 0.494 e. The third kappa shape index (κ3) is 2.41. The molecule has 7 heteroatoms. The van der Waals surface area contributed by atoms with E-state index >= 15 is 0 Å². The van der Waals surface area contributed by atoms with Crippen molar-refractivity contribution in [2.45, 2.75) is 0 Å². The van der Waals surface area contributed by atoms with Crippen molar-refractivity contribution < 1.29 is 4.74 Å². The van der Waals surface area contributed by atoms with Gasteiger partial charge in [-0.15, -0.1) is 5.10 Å². The molecule has 0 saturated heterocycles. The molecule has 2 aromatic carbocycles. The maximum Gasteiger partial charge on any atom is 0.189 e. The van der Waals surface area contributed by atoms with E-state index in [1.807, 2.05) is 18.2 Å². The second-order valence-electron chi connectivity index (χ2n) is 4.32. The van der Waals surface area contributed by atoms with E-state index in [2.05, 4.69) is 15.5 Å². The van der Waals surface area contributed by atoms with E-state index in [4.69, 9.17) is 22.1 Å². The third-order valence-corrected chi connectivity index (χ3v) is 3.28. The van der Waals surface area contributed by atoms with Crippen LogP contribution in [-0.4, -0.2) is 27.3 Å². The summed E-state index contributed by atoms with van der Waals surface area (Å²) in [5.74, 6) is 1.14. The van der Waals surface area contributed by atoms with Crippen molar-refractivity contribution in [3.05, 3.63) is 47.5 Å². The lowest BCUT2D eigenvalue weighted by Gasteiger charge is -2.11. The molecule has 21 heavy (non-hydrogen) atoms. The average Bonchev–Trinajstić information content (AvgIpc) is 2.96. The molecule has 0 unspecified atom stereocenters. The van der Waals surface area contributed by atoms with Crippen molar-refractivity contribution >= 4 is 17.3 Å². The number of nitrogen functional groups attached to an aromatic ring is 1. The molecule has 0 fully saturated rings. The van der Waals surface area contributed by atoms with Crippen LogP contribution in [0, 0.1) is 0 Å². The Morgan fingerprint density at radius 2 is 2.00 bits per heavy atom. The Morgan fingerprint density at radius 3 is 2.76 bits per heavy atom. The van der Waals surface area contributed by atoms with E-state index in [-0.39, 0.29) is 0 Å². The fourth-order valence-corrected chi connectivity index (χ4v) is 2.21. The van der Waals surface area contributed by atoms with Crippen molar-refractivity contribution in [1.82, 2.24) is 20.2 Å². The zero-order chi connectivity index (χ0) is 14.8. The lowest BCUT2D eigenvalue weighted by atomic mass is 10.1. The molecule has 3 aromatic rings. The van der Waals surface area contributed by atoms with Gasteiger partial charge in [-0.3, -0.25) is 0 Å². The number of methoxy groups -OCH3 is 1.